The lowest BCUT2D eigenvalue weighted by Crippen LogP contribution is -1.95. The Morgan fingerprint density at radius 2 is 1.67 bits per heavy atom. The van der Waals surface area contributed by atoms with E-state index >= 15 is 0 Å². The van der Waals surface area contributed by atoms with Gasteiger partial charge >= 0.3 is 0 Å². The van der Waals surface area contributed by atoms with Crippen molar-refractivity contribution in [2.24, 2.45) is 0 Å². The largest absolute Gasteiger partial charge is 0.496 e. The summed E-state index contributed by atoms with van der Waals surface area (Å²) in [7, 11) is 1.69. The Morgan fingerprint density at radius 3 is 2.39 bits per heavy atom. The highest BCUT2D eigenvalue weighted by molar-refractivity contribution is 6.35. The molecule has 2 aromatic carbocycles. The number of rotatable bonds is 4. The molecule has 0 aromatic heterocycles. The van der Waals surface area contributed by atoms with E-state index in [0.29, 0.717) is 5.02 Å². The molecule has 0 heterocycles. The highest BCUT2D eigenvalue weighted by atomic mass is 35.5. The number of hydrogen-bond donors (Lipinski definition) is 0. The molecule has 0 radical (unpaired) electrons. The molecule has 3 heteroatoms. The number of aryl methyl sites for hydroxylation is 2. The van der Waals surface area contributed by atoms with Gasteiger partial charge in [-0.25, -0.2) is 0 Å². The number of para-hydroxylation sites is 1. The maximum absolute atomic E-state index is 6.15. The molecule has 0 fully saturated rings. The molecule has 0 spiro atoms. The third-order valence-corrected chi connectivity index (χ3v) is 3.46. The highest BCUT2D eigenvalue weighted by Gasteiger charge is 2.05. The van der Waals surface area contributed by atoms with Crippen LogP contribution in [0.3, 0.4) is 0 Å². The second-order valence-electron chi connectivity index (χ2n) is 4.05. The predicted octanol–water partition coefficient (Wildman–Crippen LogP) is 4.79. The molecular formula is C15H14Cl2O. The van der Waals surface area contributed by atoms with E-state index in [1.54, 1.807) is 13.2 Å². The minimum Gasteiger partial charge on any atom is -0.496 e. The Hall–Kier alpha value is -1.18. The lowest BCUT2D eigenvalue weighted by atomic mass is 10.0. The number of benzene rings is 2. The second-order valence-corrected chi connectivity index (χ2v) is 4.89. The molecule has 0 amide bonds. The van der Waals surface area contributed by atoms with Crippen LogP contribution in [0.5, 0.6) is 5.75 Å². The molecule has 0 aliphatic carbocycles. The third-order valence-electron chi connectivity index (χ3n) is 2.87. The van der Waals surface area contributed by atoms with Crippen molar-refractivity contribution in [3.63, 3.8) is 0 Å². The van der Waals surface area contributed by atoms with E-state index in [2.05, 4.69) is 6.07 Å². The standard InChI is InChI=1S/C15H14Cl2O/c1-18-15-5-3-2-4-12(15)7-6-11-8-9-13(16)10-14(11)17/h2-5,8-10H,6-7H2,1H3. The van der Waals surface area contributed by atoms with Crippen molar-refractivity contribution >= 4 is 23.2 Å². The van der Waals surface area contributed by atoms with Gasteiger partial charge in [0.05, 0.1) is 7.11 Å². The zero-order chi connectivity index (χ0) is 13.0. The van der Waals surface area contributed by atoms with Crippen LogP contribution in [-0.2, 0) is 12.8 Å². The second kappa shape index (κ2) is 6.12. The quantitative estimate of drug-likeness (QED) is 0.783. The van der Waals surface area contributed by atoms with Crippen molar-refractivity contribution in [1.82, 2.24) is 0 Å². The van der Waals surface area contributed by atoms with Crippen LogP contribution in [0.1, 0.15) is 11.1 Å². The Morgan fingerprint density at radius 1 is 0.944 bits per heavy atom. The lowest BCUT2D eigenvalue weighted by Gasteiger charge is -2.09. The minimum atomic E-state index is 0.668. The van der Waals surface area contributed by atoms with Crippen LogP contribution in [0, 0.1) is 0 Å². The molecule has 1 nitrogen and oxygen atoms in total. The van der Waals surface area contributed by atoms with E-state index in [4.69, 9.17) is 27.9 Å². The van der Waals surface area contributed by atoms with Crippen LogP contribution in [0.4, 0.5) is 0 Å². The first kappa shape index (κ1) is 13.3. The van der Waals surface area contributed by atoms with Gasteiger partial charge in [-0.1, -0.05) is 47.5 Å². The van der Waals surface area contributed by atoms with Gasteiger partial charge < -0.3 is 4.74 Å². The fraction of sp³-hybridized carbons (Fsp3) is 0.200. The zero-order valence-electron chi connectivity index (χ0n) is 10.1. The van der Waals surface area contributed by atoms with E-state index in [9.17, 15) is 0 Å². The summed E-state index contributed by atoms with van der Waals surface area (Å²) < 4.78 is 5.33. The van der Waals surface area contributed by atoms with Crippen LogP contribution in [-0.4, -0.2) is 7.11 Å². The summed E-state index contributed by atoms with van der Waals surface area (Å²) in [5.74, 6) is 0.919. The van der Waals surface area contributed by atoms with Crippen LogP contribution in [0.25, 0.3) is 0 Å². The topological polar surface area (TPSA) is 9.23 Å². The summed E-state index contributed by atoms with van der Waals surface area (Å²) in [6.45, 7) is 0. The van der Waals surface area contributed by atoms with Gasteiger partial charge in [-0.05, 0) is 42.2 Å². The Labute approximate surface area is 117 Å². The molecule has 18 heavy (non-hydrogen) atoms. The van der Waals surface area contributed by atoms with Crippen molar-refractivity contribution in [1.29, 1.82) is 0 Å². The molecule has 2 rings (SSSR count). The van der Waals surface area contributed by atoms with E-state index in [1.807, 2.05) is 30.3 Å². The monoisotopic (exact) mass is 280 g/mol. The molecule has 0 unspecified atom stereocenters. The van der Waals surface area contributed by atoms with Gasteiger partial charge in [0.15, 0.2) is 0 Å². The molecule has 0 aliphatic heterocycles. The van der Waals surface area contributed by atoms with E-state index in [1.165, 1.54) is 5.56 Å². The average molecular weight is 281 g/mol. The van der Waals surface area contributed by atoms with Crippen LogP contribution in [0.2, 0.25) is 10.0 Å². The Kier molecular flexibility index (Phi) is 4.51. The van der Waals surface area contributed by atoms with Crippen molar-refractivity contribution in [2.75, 3.05) is 7.11 Å². The first-order valence-corrected chi connectivity index (χ1v) is 6.52. The van der Waals surface area contributed by atoms with E-state index in [-0.39, 0.29) is 0 Å². The Bertz CT molecular complexity index is 538. The molecular weight excluding hydrogens is 267 g/mol. The SMILES string of the molecule is COc1ccccc1CCc1ccc(Cl)cc1Cl. The Balaban J connectivity index is 2.11. The van der Waals surface area contributed by atoms with Gasteiger partial charge in [-0.15, -0.1) is 0 Å². The van der Waals surface area contributed by atoms with Gasteiger partial charge in [0.2, 0.25) is 0 Å². The van der Waals surface area contributed by atoms with Gasteiger partial charge in [0, 0.05) is 10.0 Å². The maximum Gasteiger partial charge on any atom is 0.122 e. The number of methoxy groups -OCH3 is 1. The third kappa shape index (κ3) is 3.18. The number of hydrogen-bond acceptors (Lipinski definition) is 1. The molecule has 0 N–H and O–H groups in total. The molecule has 2 aromatic rings. The van der Waals surface area contributed by atoms with Crippen molar-refractivity contribution in [3.8, 4) is 5.75 Å². The van der Waals surface area contributed by atoms with Crippen LogP contribution >= 0.6 is 23.2 Å². The summed E-state index contributed by atoms with van der Waals surface area (Å²) >= 11 is 12.0. The summed E-state index contributed by atoms with van der Waals surface area (Å²) in [6.07, 6.45) is 1.77. The highest BCUT2D eigenvalue weighted by Crippen LogP contribution is 2.24. The molecule has 94 valence electrons. The molecule has 0 bridgehead atoms. The summed E-state index contributed by atoms with van der Waals surface area (Å²) in [4.78, 5) is 0. The summed E-state index contributed by atoms with van der Waals surface area (Å²) in [5, 5.41) is 1.39. The predicted molar refractivity (Wildman–Crippen MR) is 76.9 cm³/mol. The smallest absolute Gasteiger partial charge is 0.122 e. The molecule has 0 atom stereocenters. The van der Waals surface area contributed by atoms with E-state index in [0.717, 1.165) is 29.2 Å². The molecule has 0 saturated carbocycles. The fourth-order valence-electron chi connectivity index (χ4n) is 1.90. The first-order valence-electron chi connectivity index (χ1n) is 5.76. The lowest BCUT2D eigenvalue weighted by molar-refractivity contribution is 0.409. The normalized spacial score (nSPS) is 10.4. The van der Waals surface area contributed by atoms with Gasteiger partial charge in [-0.3, -0.25) is 0 Å². The van der Waals surface area contributed by atoms with Gasteiger partial charge in [-0.2, -0.15) is 0 Å². The fourth-order valence-corrected chi connectivity index (χ4v) is 2.41. The van der Waals surface area contributed by atoms with Crippen molar-refractivity contribution in [2.45, 2.75) is 12.8 Å². The average Bonchev–Trinajstić information content (AvgIpc) is 2.38. The van der Waals surface area contributed by atoms with E-state index < -0.39 is 0 Å². The first-order chi connectivity index (χ1) is 8.70. The molecule has 0 saturated heterocycles. The maximum atomic E-state index is 6.15. The summed E-state index contributed by atoms with van der Waals surface area (Å²) in [5.41, 5.74) is 2.29. The van der Waals surface area contributed by atoms with Crippen LogP contribution < -0.4 is 4.74 Å². The van der Waals surface area contributed by atoms with Crippen molar-refractivity contribution in [3.05, 3.63) is 63.6 Å². The minimum absolute atomic E-state index is 0.668. The zero-order valence-corrected chi connectivity index (χ0v) is 11.6. The van der Waals surface area contributed by atoms with Crippen molar-refractivity contribution < 1.29 is 4.74 Å². The van der Waals surface area contributed by atoms with Gasteiger partial charge in [0.1, 0.15) is 5.75 Å². The molecule has 0 aliphatic rings. The number of halogens is 2. The van der Waals surface area contributed by atoms with Gasteiger partial charge in [0.25, 0.3) is 0 Å². The number of ether oxygens (including phenoxy) is 1. The van der Waals surface area contributed by atoms with Crippen LogP contribution in [0.15, 0.2) is 42.5 Å². The summed E-state index contributed by atoms with van der Waals surface area (Å²) in [6, 6.07) is 13.6.